The molecule has 0 aromatic heterocycles. The molecule has 0 aliphatic rings. The van der Waals surface area contributed by atoms with Crippen LogP contribution in [0.2, 0.25) is 0 Å². The van der Waals surface area contributed by atoms with E-state index in [0.717, 1.165) is 7.11 Å². The number of ether oxygens (including phenoxy) is 1. The van der Waals surface area contributed by atoms with E-state index in [4.69, 9.17) is 5.73 Å². The van der Waals surface area contributed by atoms with Crippen molar-refractivity contribution in [1.29, 1.82) is 0 Å². The third kappa shape index (κ3) is 5.37. The summed E-state index contributed by atoms with van der Waals surface area (Å²) in [5.41, 5.74) is 5.05. The molecule has 0 spiro atoms. The first kappa shape index (κ1) is 17.5. The third-order valence-electron chi connectivity index (χ3n) is 2.62. The van der Waals surface area contributed by atoms with Gasteiger partial charge in [0, 0.05) is 0 Å². The van der Waals surface area contributed by atoms with Crippen molar-refractivity contribution in [2.24, 2.45) is 5.73 Å². The monoisotopic (exact) mass is 322 g/mol. The maximum absolute atomic E-state index is 13.0. The van der Waals surface area contributed by atoms with E-state index < -0.39 is 40.8 Å². The fraction of sp³-hybridized carbons (Fsp3) is 0.417. The van der Waals surface area contributed by atoms with Crippen molar-refractivity contribution in [3.8, 4) is 0 Å². The molecular weight excluding hydrogens is 306 g/mol. The molecular formula is C12H16F2N2O4S. The minimum atomic E-state index is -4.04. The molecule has 21 heavy (non-hydrogen) atoms. The number of nitrogens with one attached hydrogen (secondary N) is 1. The number of hydrogen-bond donors (Lipinski definition) is 2. The normalized spacial score (nSPS) is 12.2. The Kier molecular flexibility index (Phi) is 5.76. The number of methoxy groups -OCH3 is 1. The van der Waals surface area contributed by atoms with Crippen LogP contribution in [0.25, 0.3) is 0 Å². The second-order valence-electron chi connectivity index (χ2n) is 4.29. The molecule has 0 radical (unpaired) electrons. The minimum absolute atomic E-state index is 0.0657. The summed E-state index contributed by atoms with van der Waals surface area (Å²) in [6, 6.07) is 5.88. The van der Waals surface area contributed by atoms with Crippen molar-refractivity contribution in [2.45, 2.75) is 11.7 Å². The van der Waals surface area contributed by atoms with Crippen LogP contribution >= 0.6 is 0 Å². The number of benzene rings is 1. The summed E-state index contributed by atoms with van der Waals surface area (Å²) in [5, 5.41) is 0. The first-order chi connectivity index (χ1) is 9.71. The van der Waals surface area contributed by atoms with Gasteiger partial charge in [-0.15, -0.1) is 0 Å². The van der Waals surface area contributed by atoms with E-state index in [2.05, 4.69) is 4.74 Å². The average molecular weight is 322 g/mol. The first-order valence-corrected chi connectivity index (χ1v) is 7.57. The van der Waals surface area contributed by atoms with Gasteiger partial charge >= 0.3 is 5.97 Å². The molecule has 0 amide bonds. The number of alkyl halides is 2. The number of hydrogen-bond acceptors (Lipinski definition) is 5. The van der Waals surface area contributed by atoms with Gasteiger partial charge in [-0.05, 0) is 11.6 Å². The zero-order valence-electron chi connectivity index (χ0n) is 11.3. The average Bonchev–Trinajstić information content (AvgIpc) is 2.45. The third-order valence-corrected chi connectivity index (χ3v) is 3.89. The van der Waals surface area contributed by atoms with Crippen LogP contribution in [-0.4, -0.2) is 40.5 Å². The van der Waals surface area contributed by atoms with Crippen molar-refractivity contribution in [3.63, 3.8) is 0 Å². The molecule has 0 unspecified atom stereocenters. The molecule has 0 aliphatic carbocycles. The van der Waals surface area contributed by atoms with Gasteiger partial charge in [0.25, 0.3) is 5.92 Å². The highest BCUT2D eigenvalue weighted by Gasteiger charge is 2.29. The van der Waals surface area contributed by atoms with Crippen molar-refractivity contribution in [2.75, 3.05) is 20.2 Å². The molecule has 0 bridgehead atoms. The molecule has 0 heterocycles. The van der Waals surface area contributed by atoms with Gasteiger partial charge in [-0.2, -0.15) is 0 Å². The lowest BCUT2D eigenvalue weighted by Gasteiger charge is -2.15. The van der Waals surface area contributed by atoms with Crippen molar-refractivity contribution < 1.29 is 26.7 Å². The van der Waals surface area contributed by atoms with Gasteiger partial charge in [-0.1, -0.05) is 18.2 Å². The summed E-state index contributed by atoms with van der Waals surface area (Å²) < 4.78 is 55.8. The standard InChI is InChI=1S/C12H16F2N2O4S/c1-20-11(17)10-5-3-2-4-9(10)6-21(18,19)16-8-12(13,14)7-15/h2-5,16H,6-8,15H2,1H3. The molecule has 118 valence electrons. The van der Waals surface area contributed by atoms with Crippen molar-refractivity contribution >= 4 is 16.0 Å². The Labute approximate surface area is 121 Å². The van der Waals surface area contributed by atoms with Crippen LogP contribution in [0.15, 0.2) is 24.3 Å². The number of carbonyl (C=O) groups is 1. The largest absolute Gasteiger partial charge is 0.465 e. The predicted octanol–water partition coefficient (Wildman–Crippen LogP) is 0.487. The molecule has 9 heteroatoms. The molecule has 0 saturated carbocycles. The smallest absolute Gasteiger partial charge is 0.338 e. The maximum Gasteiger partial charge on any atom is 0.338 e. The van der Waals surface area contributed by atoms with Crippen molar-refractivity contribution in [1.82, 2.24) is 4.72 Å². The number of nitrogens with two attached hydrogens (primary N) is 1. The molecule has 0 aliphatic heterocycles. The van der Waals surface area contributed by atoms with E-state index in [9.17, 15) is 22.0 Å². The Balaban J connectivity index is 2.88. The van der Waals surface area contributed by atoms with Gasteiger partial charge in [-0.3, -0.25) is 0 Å². The Bertz CT molecular complexity index is 605. The van der Waals surface area contributed by atoms with E-state index in [1.54, 1.807) is 10.8 Å². The predicted molar refractivity (Wildman–Crippen MR) is 72.4 cm³/mol. The SMILES string of the molecule is COC(=O)c1ccccc1CS(=O)(=O)NCC(F)(F)CN. The van der Waals surface area contributed by atoms with Gasteiger partial charge in [0.15, 0.2) is 0 Å². The summed E-state index contributed by atoms with van der Waals surface area (Å²) >= 11 is 0. The van der Waals surface area contributed by atoms with Crippen LogP contribution in [0.3, 0.4) is 0 Å². The summed E-state index contributed by atoms with van der Waals surface area (Å²) in [7, 11) is -2.88. The Morgan fingerprint density at radius 3 is 2.57 bits per heavy atom. The second kappa shape index (κ2) is 6.92. The van der Waals surface area contributed by atoms with E-state index in [-0.39, 0.29) is 11.1 Å². The molecule has 1 rings (SSSR count). The number of carbonyl (C=O) groups excluding carboxylic acids is 1. The van der Waals surface area contributed by atoms with Crippen molar-refractivity contribution in [3.05, 3.63) is 35.4 Å². The van der Waals surface area contributed by atoms with Crippen LogP contribution in [0.4, 0.5) is 8.78 Å². The van der Waals surface area contributed by atoms with Gasteiger partial charge in [-0.25, -0.2) is 26.7 Å². The summed E-state index contributed by atoms with van der Waals surface area (Å²) in [6.45, 7) is -2.06. The lowest BCUT2D eigenvalue weighted by Crippen LogP contribution is -2.41. The fourth-order valence-electron chi connectivity index (χ4n) is 1.50. The van der Waals surface area contributed by atoms with Gasteiger partial charge in [0.2, 0.25) is 10.0 Å². The van der Waals surface area contributed by atoms with Crippen LogP contribution in [0.1, 0.15) is 15.9 Å². The molecule has 1 aromatic carbocycles. The van der Waals surface area contributed by atoms with Crippen LogP contribution in [0, 0.1) is 0 Å². The molecule has 1 aromatic rings. The number of esters is 1. The lowest BCUT2D eigenvalue weighted by atomic mass is 10.1. The van der Waals surface area contributed by atoms with E-state index in [1.807, 2.05) is 0 Å². The Morgan fingerprint density at radius 2 is 2.00 bits per heavy atom. The zero-order valence-corrected chi connectivity index (χ0v) is 12.1. The molecule has 3 N–H and O–H groups in total. The van der Waals surface area contributed by atoms with Crippen LogP contribution in [0.5, 0.6) is 0 Å². The molecule has 0 fully saturated rings. The Morgan fingerprint density at radius 1 is 1.38 bits per heavy atom. The fourth-order valence-corrected chi connectivity index (χ4v) is 2.69. The molecule has 6 nitrogen and oxygen atoms in total. The second-order valence-corrected chi connectivity index (χ2v) is 6.10. The minimum Gasteiger partial charge on any atom is -0.465 e. The molecule has 0 saturated heterocycles. The summed E-state index contributed by atoms with van der Waals surface area (Å²) in [5.74, 6) is -4.64. The number of halogens is 2. The molecule has 0 atom stereocenters. The lowest BCUT2D eigenvalue weighted by molar-refractivity contribution is 0.0170. The quantitative estimate of drug-likeness (QED) is 0.712. The first-order valence-electron chi connectivity index (χ1n) is 5.92. The number of rotatable bonds is 7. The Hall–Kier alpha value is -1.58. The topological polar surface area (TPSA) is 98.5 Å². The highest BCUT2D eigenvalue weighted by molar-refractivity contribution is 7.88. The van der Waals surface area contributed by atoms with E-state index in [1.165, 1.54) is 18.2 Å². The number of sulfonamides is 1. The van der Waals surface area contributed by atoms with Crippen LogP contribution < -0.4 is 10.5 Å². The van der Waals surface area contributed by atoms with E-state index >= 15 is 0 Å². The van der Waals surface area contributed by atoms with E-state index in [0.29, 0.717) is 0 Å². The zero-order chi connectivity index (χ0) is 16.1. The maximum atomic E-state index is 13.0. The van der Waals surface area contributed by atoms with Gasteiger partial charge < -0.3 is 10.5 Å². The summed E-state index contributed by atoms with van der Waals surface area (Å²) in [4.78, 5) is 11.5. The van der Waals surface area contributed by atoms with Gasteiger partial charge in [0.1, 0.15) is 0 Å². The van der Waals surface area contributed by atoms with Crippen LogP contribution in [-0.2, 0) is 20.5 Å². The van der Waals surface area contributed by atoms with Gasteiger partial charge in [0.05, 0.1) is 31.5 Å². The highest BCUT2D eigenvalue weighted by atomic mass is 32.2. The summed E-state index contributed by atoms with van der Waals surface area (Å²) in [6.07, 6.45) is 0. The highest BCUT2D eigenvalue weighted by Crippen LogP contribution is 2.14.